The topological polar surface area (TPSA) is 93.5 Å². The molecule has 0 spiro atoms. The van der Waals surface area contributed by atoms with Crippen molar-refractivity contribution >= 4 is 29.9 Å². The van der Waals surface area contributed by atoms with Crippen LogP contribution in [0.1, 0.15) is 28.0 Å². The van der Waals surface area contributed by atoms with E-state index in [2.05, 4.69) is 17.6 Å². The molecule has 5 nitrogen and oxygen atoms in total. The van der Waals surface area contributed by atoms with Crippen LogP contribution in [0.25, 0.3) is 0 Å². The highest BCUT2D eigenvalue weighted by atomic mass is 32.1. The Morgan fingerprint density at radius 2 is 2.33 bits per heavy atom. The van der Waals surface area contributed by atoms with E-state index in [1.54, 1.807) is 0 Å². The van der Waals surface area contributed by atoms with Gasteiger partial charge in [0.2, 0.25) is 0 Å². The number of aliphatic hydroxyl groups is 2. The summed E-state index contributed by atoms with van der Waals surface area (Å²) in [6.45, 7) is 0. The minimum Gasteiger partial charge on any atom is -0.542 e. The quantitative estimate of drug-likeness (QED) is 0.594. The Labute approximate surface area is 95.8 Å². The minimum absolute atomic E-state index is 0.147. The van der Waals surface area contributed by atoms with E-state index in [1.807, 2.05) is 0 Å². The second-order valence-electron chi connectivity index (χ2n) is 2.89. The molecule has 2 unspecified atom stereocenters. The Bertz CT molecular complexity index is 341. The maximum Gasteiger partial charge on any atom is 0.139 e. The number of carboxylic acid groups (broad SMARTS) is 1. The fourth-order valence-corrected chi connectivity index (χ4v) is 1.95. The Kier molecular flexibility index (Phi) is 4.52. The van der Waals surface area contributed by atoms with E-state index in [9.17, 15) is 20.1 Å². The van der Waals surface area contributed by atoms with Crippen LogP contribution in [0.15, 0.2) is 5.38 Å². The van der Waals surface area contributed by atoms with Crippen LogP contribution in [0.5, 0.6) is 0 Å². The first-order valence-electron chi connectivity index (χ1n) is 4.20. The highest BCUT2D eigenvalue weighted by Crippen LogP contribution is 2.21. The molecule has 0 aliphatic rings. The molecule has 0 bridgehead atoms. The van der Waals surface area contributed by atoms with Crippen LogP contribution in [-0.2, 0) is 0 Å². The van der Waals surface area contributed by atoms with Crippen molar-refractivity contribution in [2.45, 2.75) is 18.6 Å². The van der Waals surface area contributed by atoms with Gasteiger partial charge in [-0.3, -0.25) is 0 Å². The van der Waals surface area contributed by atoms with Crippen molar-refractivity contribution in [3.63, 3.8) is 0 Å². The smallest absolute Gasteiger partial charge is 0.139 e. The van der Waals surface area contributed by atoms with E-state index in [0.29, 0.717) is 12.2 Å². The molecule has 0 amide bonds. The van der Waals surface area contributed by atoms with Gasteiger partial charge in [0.15, 0.2) is 0 Å². The summed E-state index contributed by atoms with van der Waals surface area (Å²) < 4.78 is 0. The first-order chi connectivity index (χ1) is 7.06. The number of carboxylic acids is 1. The fraction of sp³-hybridized carbons (Fsp3) is 0.500. The number of rotatable bonds is 5. The van der Waals surface area contributed by atoms with Gasteiger partial charge in [-0.15, -0.1) is 11.3 Å². The molecule has 1 aromatic heterocycles. The van der Waals surface area contributed by atoms with Crippen molar-refractivity contribution in [1.29, 1.82) is 0 Å². The molecular weight excluding hydrogens is 238 g/mol. The number of carbonyl (C=O) groups is 1. The third kappa shape index (κ3) is 3.16. The Morgan fingerprint density at radius 1 is 1.67 bits per heavy atom. The molecule has 0 aromatic carbocycles. The van der Waals surface area contributed by atoms with Crippen molar-refractivity contribution in [2.75, 3.05) is 5.75 Å². The monoisotopic (exact) mass is 248 g/mol. The van der Waals surface area contributed by atoms with Crippen LogP contribution in [-0.4, -0.2) is 33.0 Å². The van der Waals surface area contributed by atoms with Gasteiger partial charge in [0.1, 0.15) is 17.1 Å². The number of aromatic nitrogens is 1. The van der Waals surface area contributed by atoms with Crippen LogP contribution in [0.2, 0.25) is 0 Å². The predicted molar refractivity (Wildman–Crippen MR) is 55.9 cm³/mol. The molecule has 2 atom stereocenters. The summed E-state index contributed by atoms with van der Waals surface area (Å²) in [4.78, 5) is 14.0. The molecule has 0 radical (unpaired) electrons. The summed E-state index contributed by atoms with van der Waals surface area (Å²) in [5, 5.41) is 30.6. The minimum atomic E-state index is -1.39. The van der Waals surface area contributed by atoms with Crippen LogP contribution in [0.4, 0.5) is 0 Å². The summed E-state index contributed by atoms with van der Waals surface area (Å²) in [5.74, 6) is -0.961. The highest BCUT2D eigenvalue weighted by Gasteiger charge is 2.20. The fourth-order valence-electron chi connectivity index (χ4n) is 1.00. The van der Waals surface area contributed by atoms with Gasteiger partial charge >= 0.3 is 0 Å². The molecule has 84 valence electrons. The summed E-state index contributed by atoms with van der Waals surface area (Å²) in [6.07, 6.45) is -1.86. The number of carbonyl (C=O) groups excluding carboxylic acids is 1. The number of hydrogen-bond acceptors (Lipinski definition) is 7. The second-order valence-corrected chi connectivity index (χ2v) is 4.19. The third-order valence-corrected chi connectivity index (χ3v) is 2.89. The van der Waals surface area contributed by atoms with Gasteiger partial charge in [-0.05, 0) is 12.2 Å². The first kappa shape index (κ1) is 12.4. The molecule has 0 saturated heterocycles. The van der Waals surface area contributed by atoms with Crippen molar-refractivity contribution in [2.24, 2.45) is 0 Å². The zero-order valence-electron chi connectivity index (χ0n) is 7.66. The van der Waals surface area contributed by atoms with Crippen LogP contribution in [0.3, 0.4) is 0 Å². The SMILES string of the molecule is O=C([O-])c1nc(C(O)C(O)CCS)cs1. The summed E-state index contributed by atoms with van der Waals surface area (Å²) in [6, 6.07) is 0. The van der Waals surface area contributed by atoms with Crippen molar-refractivity contribution in [3.05, 3.63) is 16.1 Å². The van der Waals surface area contributed by atoms with E-state index in [0.717, 1.165) is 11.3 Å². The molecule has 15 heavy (non-hydrogen) atoms. The van der Waals surface area contributed by atoms with Gasteiger partial charge in [0.25, 0.3) is 0 Å². The lowest BCUT2D eigenvalue weighted by Crippen LogP contribution is -2.23. The third-order valence-electron chi connectivity index (χ3n) is 1.79. The summed E-state index contributed by atoms with van der Waals surface area (Å²) in [7, 11) is 0. The molecule has 0 aliphatic carbocycles. The molecule has 1 heterocycles. The molecule has 2 N–H and O–H groups in total. The molecule has 1 aromatic rings. The molecule has 1 rings (SSSR count). The Balaban J connectivity index is 2.73. The van der Waals surface area contributed by atoms with Crippen LogP contribution < -0.4 is 5.11 Å². The molecule has 0 saturated carbocycles. The lowest BCUT2D eigenvalue weighted by molar-refractivity contribution is -0.255. The number of aromatic carboxylic acids is 1. The number of thiol groups is 1. The average molecular weight is 248 g/mol. The maximum absolute atomic E-state index is 10.4. The molecule has 0 aliphatic heterocycles. The van der Waals surface area contributed by atoms with Crippen molar-refractivity contribution in [1.82, 2.24) is 4.98 Å². The van der Waals surface area contributed by atoms with Gasteiger partial charge in [0.05, 0.1) is 11.8 Å². The Morgan fingerprint density at radius 3 is 2.80 bits per heavy atom. The first-order valence-corrected chi connectivity index (χ1v) is 5.71. The zero-order valence-corrected chi connectivity index (χ0v) is 9.37. The van der Waals surface area contributed by atoms with Gasteiger partial charge < -0.3 is 20.1 Å². The van der Waals surface area contributed by atoms with Gasteiger partial charge in [0, 0.05) is 5.38 Å². The lowest BCUT2D eigenvalue weighted by atomic mass is 10.1. The highest BCUT2D eigenvalue weighted by molar-refractivity contribution is 7.80. The normalized spacial score (nSPS) is 14.9. The zero-order chi connectivity index (χ0) is 11.4. The van der Waals surface area contributed by atoms with Gasteiger partial charge in [-0.1, -0.05) is 0 Å². The van der Waals surface area contributed by atoms with E-state index in [-0.39, 0.29) is 10.7 Å². The summed E-state index contributed by atoms with van der Waals surface area (Å²) >= 11 is 4.77. The maximum atomic E-state index is 10.4. The average Bonchev–Trinajstić information content (AvgIpc) is 2.65. The van der Waals surface area contributed by atoms with Crippen molar-refractivity contribution < 1.29 is 20.1 Å². The van der Waals surface area contributed by atoms with E-state index < -0.39 is 18.2 Å². The van der Waals surface area contributed by atoms with E-state index in [4.69, 9.17) is 0 Å². The van der Waals surface area contributed by atoms with E-state index in [1.165, 1.54) is 5.38 Å². The van der Waals surface area contributed by atoms with Crippen molar-refractivity contribution in [3.8, 4) is 0 Å². The second kappa shape index (κ2) is 5.45. The molecule has 7 heteroatoms. The largest absolute Gasteiger partial charge is 0.542 e. The molecule has 0 fully saturated rings. The number of aliphatic hydroxyl groups excluding tert-OH is 2. The predicted octanol–water partition coefficient (Wildman–Crippen LogP) is -0.779. The Hall–Kier alpha value is -0.630. The standard InChI is InChI=1S/C8H11NO4S2/c10-5(1-2-14)6(11)4-3-15-7(9-4)8(12)13/h3,5-6,10-11,14H,1-2H2,(H,12,13)/p-1. The number of nitrogens with zero attached hydrogens (tertiary/aromatic N) is 1. The molecular formula is C8H10NO4S2-. The van der Waals surface area contributed by atoms with Gasteiger partial charge in [-0.25, -0.2) is 4.98 Å². The van der Waals surface area contributed by atoms with Crippen LogP contribution >= 0.6 is 24.0 Å². The number of hydrogen-bond donors (Lipinski definition) is 3. The lowest BCUT2D eigenvalue weighted by Gasteiger charge is -2.14. The van der Waals surface area contributed by atoms with Gasteiger partial charge in [-0.2, -0.15) is 12.6 Å². The summed E-state index contributed by atoms with van der Waals surface area (Å²) in [5.41, 5.74) is 0.147. The van der Waals surface area contributed by atoms with E-state index >= 15 is 0 Å². The number of thiazole rings is 1. The van der Waals surface area contributed by atoms with Crippen LogP contribution in [0, 0.1) is 0 Å².